The van der Waals surface area contributed by atoms with Gasteiger partial charge in [0.2, 0.25) is 11.8 Å². The van der Waals surface area contributed by atoms with Gasteiger partial charge in [-0.1, -0.05) is 52.3 Å². The number of benzene rings is 2. The number of amides is 2. The van der Waals surface area contributed by atoms with Crippen LogP contribution in [0.5, 0.6) is 0 Å². The van der Waals surface area contributed by atoms with Gasteiger partial charge in [-0.3, -0.25) is 19.7 Å². The van der Waals surface area contributed by atoms with Crippen molar-refractivity contribution in [2.24, 2.45) is 0 Å². The molecule has 0 fully saturated rings. The van der Waals surface area contributed by atoms with E-state index in [4.69, 9.17) is 0 Å². The van der Waals surface area contributed by atoms with Gasteiger partial charge in [-0.05, 0) is 18.1 Å². The number of halogens is 1. The van der Waals surface area contributed by atoms with E-state index in [1.807, 2.05) is 30.5 Å². The number of nitrogens with one attached hydrogen (secondary N) is 2. The average molecular weight is 487 g/mol. The maximum absolute atomic E-state index is 12.4. The normalized spacial score (nSPS) is 11.8. The molecule has 0 aliphatic heterocycles. The number of hydrogen-bond acceptors (Lipinski definition) is 4. The van der Waals surface area contributed by atoms with Crippen LogP contribution in [0.25, 0.3) is 10.9 Å². The Morgan fingerprint density at radius 1 is 1.16 bits per heavy atom. The first-order valence-corrected chi connectivity index (χ1v) is 10.9. The predicted octanol–water partition coefficient (Wildman–Crippen LogP) is 3.55. The summed E-state index contributed by atoms with van der Waals surface area (Å²) in [7, 11) is 0. The van der Waals surface area contributed by atoms with E-state index in [0.717, 1.165) is 16.5 Å². The first-order valence-electron chi connectivity index (χ1n) is 9.77. The average Bonchev–Trinajstić information content (AvgIpc) is 3.16. The molecule has 9 heteroatoms. The van der Waals surface area contributed by atoms with Crippen LogP contribution in [0.15, 0.2) is 54.7 Å². The molecule has 31 heavy (non-hydrogen) atoms. The largest absolute Gasteiger partial charge is 0.361 e. The Morgan fingerprint density at radius 3 is 2.58 bits per heavy atom. The zero-order valence-corrected chi connectivity index (χ0v) is 18.6. The van der Waals surface area contributed by atoms with Gasteiger partial charge in [-0.25, -0.2) is 0 Å². The molecule has 1 heterocycles. The molecule has 0 radical (unpaired) electrons. The minimum absolute atomic E-state index is 0.0357. The molecule has 0 aliphatic rings. The van der Waals surface area contributed by atoms with Crippen molar-refractivity contribution in [2.45, 2.75) is 25.9 Å². The number of fused-ring (bicyclic) bond motifs is 1. The van der Waals surface area contributed by atoms with Crippen LogP contribution >= 0.6 is 15.9 Å². The number of para-hydroxylation sites is 2. The van der Waals surface area contributed by atoms with Crippen LogP contribution in [0.2, 0.25) is 0 Å². The van der Waals surface area contributed by atoms with E-state index < -0.39 is 4.92 Å². The zero-order valence-electron chi connectivity index (χ0n) is 17.0. The lowest BCUT2D eigenvalue weighted by molar-refractivity contribution is -0.385. The standard InChI is InChI=1S/C22H23BrN4O4/c1-15(28)26(13-16-6-2-5-9-21(16)27(30)31)14-18(25-22(29)11-23)10-17-12-24-20-8-4-3-7-19(17)20/h2-9,12,18,24H,10-11,13-14H2,1H3,(H,25,29). The Bertz CT molecular complexity index is 1100. The number of alkyl halides is 1. The summed E-state index contributed by atoms with van der Waals surface area (Å²) in [6, 6.07) is 13.9. The molecule has 1 atom stereocenters. The number of carbonyl (C=O) groups is 2. The molecular formula is C22H23BrN4O4. The summed E-state index contributed by atoms with van der Waals surface area (Å²) < 4.78 is 0. The molecule has 0 spiro atoms. The fraction of sp³-hybridized carbons (Fsp3) is 0.273. The van der Waals surface area contributed by atoms with Crippen LogP contribution in [0, 0.1) is 10.1 Å². The Morgan fingerprint density at radius 2 is 1.87 bits per heavy atom. The first-order chi connectivity index (χ1) is 14.9. The SMILES string of the molecule is CC(=O)N(Cc1ccccc1[N+](=O)[O-])CC(Cc1c[nH]c2ccccc12)NC(=O)CBr. The van der Waals surface area contributed by atoms with E-state index in [2.05, 4.69) is 26.2 Å². The number of rotatable bonds is 9. The van der Waals surface area contributed by atoms with Gasteiger partial charge in [0.1, 0.15) is 0 Å². The monoisotopic (exact) mass is 486 g/mol. The van der Waals surface area contributed by atoms with E-state index in [-0.39, 0.29) is 42.0 Å². The molecule has 0 saturated heterocycles. The van der Waals surface area contributed by atoms with Gasteiger partial charge >= 0.3 is 0 Å². The third-order valence-electron chi connectivity index (χ3n) is 5.06. The second-order valence-corrected chi connectivity index (χ2v) is 7.81. The molecule has 3 rings (SSSR count). The molecule has 2 aromatic carbocycles. The van der Waals surface area contributed by atoms with Crippen molar-refractivity contribution in [2.75, 3.05) is 11.9 Å². The second kappa shape index (κ2) is 10.2. The van der Waals surface area contributed by atoms with E-state index in [1.165, 1.54) is 17.9 Å². The van der Waals surface area contributed by atoms with Crippen molar-refractivity contribution < 1.29 is 14.5 Å². The summed E-state index contributed by atoms with van der Waals surface area (Å²) in [6.07, 6.45) is 2.40. The Labute approximate surface area is 187 Å². The van der Waals surface area contributed by atoms with Crippen LogP contribution in [0.1, 0.15) is 18.1 Å². The third kappa shape index (κ3) is 5.69. The molecule has 0 bridgehead atoms. The molecular weight excluding hydrogens is 464 g/mol. The van der Waals surface area contributed by atoms with Crippen molar-refractivity contribution >= 4 is 44.3 Å². The van der Waals surface area contributed by atoms with Crippen LogP contribution in [-0.4, -0.2) is 44.5 Å². The van der Waals surface area contributed by atoms with Gasteiger partial charge in [0.05, 0.1) is 22.8 Å². The Hall–Kier alpha value is -3.20. The highest BCUT2D eigenvalue weighted by Gasteiger charge is 2.23. The zero-order chi connectivity index (χ0) is 22.4. The molecule has 2 amide bonds. The molecule has 0 saturated carbocycles. The molecule has 3 aromatic rings. The summed E-state index contributed by atoms with van der Waals surface area (Å²) in [5.41, 5.74) is 2.42. The predicted molar refractivity (Wildman–Crippen MR) is 122 cm³/mol. The number of nitrogens with zero attached hydrogens (tertiary/aromatic N) is 2. The first kappa shape index (κ1) is 22.5. The van der Waals surface area contributed by atoms with E-state index in [1.54, 1.807) is 18.2 Å². The summed E-state index contributed by atoms with van der Waals surface area (Å²) in [5, 5.41) is 15.5. The number of H-pyrrole nitrogens is 1. The van der Waals surface area contributed by atoms with Crippen molar-refractivity contribution in [3.8, 4) is 0 Å². The number of hydrogen-bond donors (Lipinski definition) is 2. The van der Waals surface area contributed by atoms with Crippen LogP contribution in [-0.2, 0) is 22.6 Å². The van der Waals surface area contributed by atoms with Crippen LogP contribution in [0.4, 0.5) is 5.69 Å². The fourth-order valence-electron chi connectivity index (χ4n) is 3.59. The van der Waals surface area contributed by atoms with Crippen LogP contribution < -0.4 is 5.32 Å². The smallest absolute Gasteiger partial charge is 0.274 e. The number of aromatic amines is 1. The van der Waals surface area contributed by atoms with Gasteiger partial charge in [0.25, 0.3) is 5.69 Å². The Balaban J connectivity index is 1.84. The maximum Gasteiger partial charge on any atom is 0.274 e. The van der Waals surface area contributed by atoms with E-state index in [0.29, 0.717) is 12.0 Å². The Kier molecular flexibility index (Phi) is 7.41. The lowest BCUT2D eigenvalue weighted by atomic mass is 10.0. The summed E-state index contributed by atoms with van der Waals surface area (Å²) in [6.45, 7) is 1.73. The van der Waals surface area contributed by atoms with Crippen molar-refractivity contribution in [1.29, 1.82) is 0 Å². The molecule has 0 aliphatic carbocycles. The van der Waals surface area contributed by atoms with Crippen LogP contribution in [0.3, 0.4) is 0 Å². The minimum Gasteiger partial charge on any atom is -0.361 e. The maximum atomic E-state index is 12.4. The summed E-state index contributed by atoms with van der Waals surface area (Å²) >= 11 is 3.16. The number of nitro groups is 1. The highest BCUT2D eigenvalue weighted by Crippen LogP contribution is 2.22. The second-order valence-electron chi connectivity index (χ2n) is 7.25. The molecule has 162 valence electrons. The summed E-state index contributed by atoms with van der Waals surface area (Å²) in [4.78, 5) is 40.1. The molecule has 1 aromatic heterocycles. The van der Waals surface area contributed by atoms with Gasteiger partial charge in [0, 0.05) is 42.2 Å². The lowest BCUT2D eigenvalue weighted by Crippen LogP contribution is -2.46. The van der Waals surface area contributed by atoms with Gasteiger partial charge in [-0.15, -0.1) is 0 Å². The van der Waals surface area contributed by atoms with Crippen molar-refractivity contribution in [3.63, 3.8) is 0 Å². The highest BCUT2D eigenvalue weighted by atomic mass is 79.9. The minimum atomic E-state index is -0.455. The number of aromatic nitrogens is 1. The topological polar surface area (TPSA) is 108 Å². The highest BCUT2D eigenvalue weighted by molar-refractivity contribution is 9.09. The third-order valence-corrected chi connectivity index (χ3v) is 5.57. The number of carbonyl (C=O) groups excluding carboxylic acids is 2. The molecule has 8 nitrogen and oxygen atoms in total. The molecule has 1 unspecified atom stereocenters. The van der Waals surface area contributed by atoms with Crippen molar-refractivity contribution in [3.05, 3.63) is 76.0 Å². The lowest BCUT2D eigenvalue weighted by Gasteiger charge is -2.27. The fourth-order valence-corrected chi connectivity index (χ4v) is 3.75. The van der Waals surface area contributed by atoms with E-state index in [9.17, 15) is 19.7 Å². The van der Waals surface area contributed by atoms with Crippen molar-refractivity contribution in [1.82, 2.24) is 15.2 Å². The molecule has 2 N–H and O–H groups in total. The summed E-state index contributed by atoms with van der Waals surface area (Å²) in [5.74, 6) is -0.422. The van der Waals surface area contributed by atoms with Gasteiger partial charge < -0.3 is 15.2 Å². The van der Waals surface area contributed by atoms with Gasteiger partial charge in [-0.2, -0.15) is 0 Å². The number of nitro benzene ring substituents is 1. The quantitative estimate of drug-likeness (QED) is 0.273. The van der Waals surface area contributed by atoms with E-state index >= 15 is 0 Å². The van der Waals surface area contributed by atoms with Gasteiger partial charge in [0.15, 0.2) is 0 Å².